The van der Waals surface area contributed by atoms with Crippen LogP contribution in [0.4, 0.5) is 9.59 Å². The van der Waals surface area contributed by atoms with Crippen molar-refractivity contribution in [1.29, 1.82) is 0 Å². The average Bonchev–Trinajstić information content (AvgIpc) is 3.48. The Morgan fingerprint density at radius 2 is 1.81 bits per heavy atom. The number of cyclic esters (lactones) is 1. The largest absolute Gasteiger partial charge is 0.491 e. The quantitative estimate of drug-likeness (QED) is 0.235. The Labute approximate surface area is 344 Å². The molecule has 4 heterocycles. The summed E-state index contributed by atoms with van der Waals surface area (Å²) in [5, 5.41) is 15.5. The Morgan fingerprint density at radius 3 is 2.54 bits per heavy atom. The van der Waals surface area contributed by atoms with Gasteiger partial charge in [-0.3, -0.25) is 19.3 Å². The first-order valence-electron chi connectivity index (χ1n) is 20.2. The lowest BCUT2D eigenvalue weighted by Crippen LogP contribution is -2.59. The maximum atomic E-state index is 14.4. The van der Waals surface area contributed by atoms with Crippen LogP contribution < -0.4 is 20.8 Å². The molecule has 0 unspecified atom stereocenters. The van der Waals surface area contributed by atoms with E-state index in [1.54, 1.807) is 18.7 Å². The normalized spacial score (nSPS) is 27.0. The first-order valence-corrected chi connectivity index (χ1v) is 21.6. The van der Waals surface area contributed by atoms with Crippen LogP contribution in [0.25, 0.3) is 0 Å². The van der Waals surface area contributed by atoms with Crippen LogP contribution in [0.2, 0.25) is 0 Å². The minimum Gasteiger partial charge on any atom is -0.449 e. The standard InChI is InChI=1S/C41H52BN5O11S/c1-6-27-18-41(27,37(50)45-59(54,55)33-15-10-14-31-30(33)22-57-42(31)53)44-35(48)32-17-28-20-47(32)36(49)34(24(2)3)43-38(51)56-23-40(4,5)16-8-7-11-25-12-9-13-26-19-46(21-29(25)26)39(52)58-28/h6,9-10,12-15,24,27-28,32,34,53H,1,7-8,11,16-23H2,2-5H3,(H,43,51)(H,44,48)(H,45,50)/t27-,28-,32+,34+,41-/m1/s1. The topological polar surface area (TPSA) is 210 Å². The van der Waals surface area contributed by atoms with Crippen LogP contribution >= 0.6 is 0 Å². The first kappa shape index (κ1) is 42.2. The van der Waals surface area contributed by atoms with Gasteiger partial charge in [-0.25, -0.2) is 22.7 Å². The molecule has 1 saturated heterocycles. The molecule has 2 aromatic carbocycles. The zero-order chi connectivity index (χ0) is 42.4. The summed E-state index contributed by atoms with van der Waals surface area (Å²) < 4.78 is 46.2. The smallest absolute Gasteiger partial charge is 0.449 e. The fourth-order valence-electron chi connectivity index (χ4n) is 8.64. The van der Waals surface area contributed by atoms with Gasteiger partial charge in [0.15, 0.2) is 0 Å². The SMILES string of the molecule is C=C[C@@H]1C[C@]1(NC(=O)[C@@H]1C[C@@H]2CN1C(=O)[C@H](C(C)C)NC(=O)OCC(C)(C)CCCCc1cccc3c1CN(C3)C(=O)O2)C(=O)NS(=O)(=O)c1cccc2c1COB2O. The number of hydrogen-bond acceptors (Lipinski definition) is 11. The van der Waals surface area contributed by atoms with E-state index in [4.69, 9.17) is 14.1 Å². The number of rotatable bonds is 7. The summed E-state index contributed by atoms with van der Waals surface area (Å²) in [5.74, 6) is -3.54. The number of nitrogens with one attached hydrogen (secondary N) is 3. The summed E-state index contributed by atoms with van der Waals surface area (Å²) in [6, 6.07) is 7.86. The molecule has 4 aliphatic heterocycles. The van der Waals surface area contributed by atoms with Gasteiger partial charge in [-0.2, -0.15) is 0 Å². The molecule has 5 atom stereocenters. The molecule has 2 fully saturated rings. The van der Waals surface area contributed by atoms with Gasteiger partial charge in [-0.1, -0.05) is 70.5 Å². The number of fused-ring (bicyclic) bond motifs is 4. The number of ether oxygens (including phenoxy) is 2. The fraction of sp³-hybridized carbons (Fsp3) is 0.537. The third-order valence-electron chi connectivity index (χ3n) is 12.2. The van der Waals surface area contributed by atoms with Crippen LogP contribution in [0.5, 0.6) is 0 Å². The predicted molar refractivity (Wildman–Crippen MR) is 214 cm³/mol. The maximum absolute atomic E-state index is 14.4. The van der Waals surface area contributed by atoms with E-state index in [1.165, 1.54) is 29.2 Å². The Hall–Kier alpha value is -4.94. The van der Waals surface area contributed by atoms with Gasteiger partial charge < -0.3 is 34.7 Å². The monoisotopic (exact) mass is 833 g/mol. The molecule has 316 valence electrons. The third-order valence-corrected chi connectivity index (χ3v) is 13.6. The van der Waals surface area contributed by atoms with Crippen molar-refractivity contribution in [3.63, 3.8) is 0 Å². The van der Waals surface area contributed by atoms with Crippen molar-refractivity contribution < 1.29 is 51.5 Å². The summed E-state index contributed by atoms with van der Waals surface area (Å²) >= 11 is 0. The molecule has 4 N–H and O–H groups in total. The van der Waals surface area contributed by atoms with Crippen molar-refractivity contribution in [2.75, 3.05) is 13.2 Å². The second kappa shape index (κ2) is 16.3. The van der Waals surface area contributed by atoms with Gasteiger partial charge in [0.2, 0.25) is 11.8 Å². The van der Waals surface area contributed by atoms with Crippen molar-refractivity contribution in [1.82, 2.24) is 25.2 Å². The van der Waals surface area contributed by atoms with E-state index in [2.05, 4.69) is 28.0 Å². The van der Waals surface area contributed by atoms with Gasteiger partial charge >= 0.3 is 19.3 Å². The van der Waals surface area contributed by atoms with Crippen molar-refractivity contribution in [3.05, 3.63) is 71.3 Å². The molecule has 1 saturated carbocycles. The lowest BCUT2D eigenvalue weighted by Gasteiger charge is -2.31. The minimum absolute atomic E-state index is 0.0211. The van der Waals surface area contributed by atoms with E-state index in [1.807, 2.05) is 26.0 Å². The first-order chi connectivity index (χ1) is 27.9. The van der Waals surface area contributed by atoms with E-state index in [0.717, 1.165) is 42.4 Å². The van der Waals surface area contributed by atoms with Crippen LogP contribution in [0, 0.1) is 17.3 Å². The Kier molecular flexibility index (Phi) is 11.6. The molecule has 18 heteroatoms. The van der Waals surface area contributed by atoms with Gasteiger partial charge in [0.1, 0.15) is 23.7 Å². The molecule has 0 radical (unpaired) electrons. The number of amides is 5. The zero-order valence-corrected chi connectivity index (χ0v) is 34.6. The summed E-state index contributed by atoms with van der Waals surface area (Å²) in [7, 11) is -5.83. The summed E-state index contributed by atoms with van der Waals surface area (Å²) in [6.07, 6.45) is 2.40. The lowest BCUT2D eigenvalue weighted by atomic mass is 9.80. The van der Waals surface area contributed by atoms with Crippen LogP contribution in [0.3, 0.4) is 0 Å². The Morgan fingerprint density at radius 1 is 1.07 bits per heavy atom. The molecule has 0 spiro atoms. The third kappa shape index (κ3) is 8.57. The lowest BCUT2D eigenvalue weighted by molar-refractivity contribution is -0.141. The highest BCUT2D eigenvalue weighted by Crippen LogP contribution is 2.45. The number of carbonyl (C=O) groups excluding carboxylic acids is 5. The molecular formula is C41H52BN5O11S. The number of nitrogens with zero attached hydrogens (tertiary/aromatic N) is 2. The van der Waals surface area contributed by atoms with Crippen LogP contribution in [-0.4, -0.2) is 97.1 Å². The fourth-order valence-corrected chi connectivity index (χ4v) is 9.93. The summed E-state index contributed by atoms with van der Waals surface area (Å²) in [4.78, 5) is 72.3. The van der Waals surface area contributed by atoms with E-state index < -0.39 is 82.6 Å². The van der Waals surface area contributed by atoms with E-state index in [0.29, 0.717) is 13.1 Å². The Balaban J connectivity index is 1.14. The highest BCUT2D eigenvalue weighted by Gasteiger charge is 2.61. The number of carbonyl (C=O) groups is 5. The predicted octanol–water partition coefficient (Wildman–Crippen LogP) is 2.40. The molecule has 1 aliphatic carbocycles. The van der Waals surface area contributed by atoms with E-state index in [-0.39, 0.29) is 53.9 Å². The van der Waals surface area contributed by atoms with E-state index in [9.17, 15) is 37.4 Å². The number of aryl methyl sites for hydroxylation is 1. The molecule has 16 nitrogen and oxygen atoms in total. The highest BCUT2D eigenvalue weighted by molar-refractivity contribution is 7.90. The molecule has 0 aromatic heterocycles. The molecule has 5 aliphatic rings. The van der Waals surface area contributed by atoms with Gasteiger partial charge in [0.05, 0.1) is 24.7 Å². The van der Waals surface area contributed by atoms with Crippen molar-refractivity contribution >= 4 is 52.5 Å². The summed E-state index contributed by atoms with van der Waals surface area (Å²) in [5.41, 5.74) is 1.64. The number of sulfonamides is 1. The number of benzene rings is 2. The second-order valence-electron chi connectivity index (χ2n) is 17.4. The van der Waals surface area contributed by atoms with Crippen molar-refractivity contribution in [3.8, 4) is 0 Å². The molecule has 5 amide bonds. The van der Waals surface area contributed by atoms with Crippen LogP contribution in [0.15, 0.2) is 53.9 Å². The molecule has 59 heavy (non-hydrogen) atoms. The van der Waals surface area contributed by atoms with Gasteiger partial charge in [-0.05, 0) is 70.8 Å². The number of alkyl carbamates (subject to hydrolysis) is 1. The maximum Gasteiger partial charge on any atom is 0.491 e. The molecule has 2 aromatic rings. The minimum atomic E-state index is -4.52. The molecule has 4 bridgehead atoms. The summed E-state index contributed by atoms with van der Waals surface area (Å²) in [6.45, 7) is 11.7. The number of hydrogen-bond donors (Lipinski definition) is 4. The van der Waals surface area contributed by atoms with Gasteiger partial charge in [0.25, 0.3) is 15.9 Å². The van der Waals surface area contributed by atoms with Crippen LogP contribution in [0.1, 0.15) is 82.1 Å². The average molecular weight is 834 g/mol. The van der Waals surface area contributed by atoms with Gasteiger partial charge in [-0.15, -0.1) is 6.58 Å². The molecule has 7 rings (SSSR count). The van der Waals surface area contributed by atoms with Crippen molar-refractivity contribution in [2.45, 2.75) is 115 Å². The highest BCUT2D eigenvalue weighted by atomic mass is 32.2. The Bertz CT molecular complexity index is 2170. The van der Waals surface area contributed by atoms with Crippen molar-refractivity contribution in [2.24, 2.45) is 17.3 Å². The molecular weight excluding hydrogens is 781 g/mol. The van der Waals surface area contributed by atoms with Crippen LogP contribution in [-0.2, 0) is 64.7 Å². The van der Waals surface area contributed by atoms with Gasteiger partial charge in [0, 0.05) is 25.4 Å². The second-order valence-corrected chi connectivity index (χ2v) is 19.1. The zero-order valence-electron chi connectivity index (χ0n) is 33.8. The van der Waals surface area contributed by atoms with E-state index >= 15 is 0 Å².